The highest BCUT2D eigenvalue weighted by atomic mass is 16.5. The van der Waals surface area contributed by atoms with Crippen LogP contribution in [0.2, 0.25) is 0 Å². The molecule has 0 radical (unpaired) electrons. The van der Waals surface area contributed by atoms with Gasteiger partial charge in [0, 0.05) is 13.2 Å². The maximum atomic E-state index is 12.3. The van der Waals surface area contributed by atoms with E-state index in [-0.39, 0.29) is 17.9 Å². The molecule has 2 aliphatic heterocycles. The van der Waals surface area contributed by atoms with E-state index in [1.54, 1.807) is 25.7 Å². The predicted octanol–water partition coefficient (Wildman–Crippen LogP) is 0.538. The van der Waals surface area contributed by atoms with E-state index in [0.717, 1.165) is 19.4 Å². The normalized spacial score (nSPS) is 32.3. The molecule has 2 unspecified atom stereocenters. The van der Waals surface area contributed by atoms with Gasteiger partial charge in [0.2, 0.25) is 11.8 Å². The molecule has 18 heavy (non-hydrogen) atoms. The van der Waals surface area contributed by atoms with Gasteiger partial charge in [-0.05, 0) is 39.5 Å². The molecule has 2 rings (SSSR count). The minimum absolute atomic E-state index is 0.000161. The van der Waals surface area contributed by atoms with Crippen LogP contribution in [0.3, 0.4) is 0 Å². The van der Waals surface area contributed by atoms with Gasteiger partial charge in [-0.2, -0.15) is 0 Å². The fourth-order valence-electron chi connectivity index (χ4n) is 2.61. The summed E-state index contributed by atoms with van der Waals surface area (Å²) in [5, 5.41) is 2.76. The van der Waals surface area contributed by atoms with Crippen molar-refractivity contribution in [1.82, 2.24) is 10.2 Å². The van der Waals surface area contributed by atoms with Crippen LogP contribution in [0.25, 0.3) is 0 Å². The maximum Gasteiger partial charge on any atom is 0.248 e. The van der Waals surface area contributed by atoms with Crippen LogP contribution in [-0.4, -0.2) is 48.1 Å². The lowest BCUT2D eigenvalue weighted by Gasteiger charge is -2.43. The van der Waals surface area contributed by atoms with Gasteiger partial charge in [0.05, 0.1) is 6.61 Å². The Hall–Kier alpha value is -1.10. The van der Waals surface area contributed by atoms with Crippen molar-refractivity contribution in [1.29, 1.82) is 0 Å². The molecular formula is C13H22N2O3. The standard InChI is InChI=1S/C13H22N2O3/c1-9-11(16)14-13(2,3)12(17)15(9)7-10-5-4-6-18-8-10/h9-10H,4-8H2,1-3H3,(H,14,16). The van der Waals surface area contributed by atoms with Crippen molar-refractivity contribution in [2.24, 2.45) is 5.92 Å². The number of hydrogen-bond acceptors (Lipinski definition) is 3. The molecule has 0 aliphatic carbocycles. The Kier molecular flexibility index (Phi) is 3.61. The van der Waals surface area contributed by atoms with Crippen LogP contribution < -0.4 is 5.32 Å². The summed E-state index contributed by atoms with van der Waals surface area (Å²) in [5.41, 5.74) is -0.793. The van der Waals surface area contributed by atoms with Gasteiger partial charge in [0.1, 0.15) is 11.6 Å². The first kappa shape index (κ1) is 13.3. The number of piperazine rings is 1. The number of nitrogens with one attached hydrogen (secondary N) is 1. The summed E-state index contributed by atoms with van der Waals surface area (Å²) in [5.74, 6) is 0.281. The van der Waals surface area contributed by atoms with Crippen LogP contribution in [0.1, 0.15) is 33.6 Å². The summed E-state index contributed by atoms with van der Waals surface area (Å²) in [7, 11) is 0. The lowest BCUT2D eigenvalue weighted by Crippen LogP contribution is -2.68. The highest BCUT2D eigenvalue weighted by Crippen LogP contribution is 2.22. The van der Waals surface area contributed by atoms with Crippen molar-refractivity contribution < 1.29 is 14.3 Å². The molecule has 2 saturated heterocycles. The van der Waals surface area contributed by atoms with Crippen molar-refractivity contribution in [2.45, 2.75) is 45.2 Å². The number of carbonyl (C=O) groups excluding carboxylic acids is 2. The van der Waals surface area contributed by atoms with Crippen LogP contribution in [0, 0.1) is 5.92 Å². The van der Waals surface area contributed by atoms with Crippen molar-refractivity contribution in [3.63, 3.8) is 0 Å². The number of carbonyl (C=O) groups is 2. The van der Waals surface area contributed by atoms with Gasteiger partial charge < -0.3 is 15.0 Å². The van der Waals surface area contributed by atoms with Crippen LogP contribution in [0.4, 0.5) is 0 Å². The number of nitrogens with zero attached hydrogens (tertiary/aromatic N) is 1. The Bertz CT molecular complexity index is 348. The van der Waals surface area contributed by atoms with Crippen molar-refractivity contribution in [3.05, 3.63) is 0 Å². The first-order valence-corrected chi connectivity index (χ1v) is 6.62. The summed E-state index contributed by atoms with van der Waals surface area (Å²) in [6.07, 6.45) is 2.11. The predicted molar refractivity (Wildman–Crippen MR) is 66.9 cm³/mol. The molecule has 0 aromatic heterocycles. The fraction of sp³-hybridized carbons (Fsp3) is 0.846. The zero-order chi connectivity index (χ0) is 13.3. The molecule has 5 heteroatoms. The number of amides is 2. The molecular weight excluding hydrogens is 232 g/mol. The molecule has 2 fully saturated rings. The number of ether oxygens (including phenoxy) is 1. The Labute approximate surface area is 108 Å². The smallest absolute Gasteiger partial charge is 0.248 e. The van der Waals surface area contributed by atoms with E-state index in [9.17, 15) is 9.59 Å². The maximum absolute atomic E-state index is 12.3. The number of rotatable bonds is 2. The monoisotopic (exact) mass is 254 g/mol. The van der Waals surface area contributed by atoms with E-state index in [1.807, 2.05) is 0 Å². The van der Waals surface area contributed by atoms with E-state index in [1.165, 1.54) is 0 Å². The second-order valence-electron chi connectivity index (χ2n) is 5.83. The first-order chi connectivity index (χ1) is 8.42. The third kappa shape index (κ3) is 2.51. The quantitative estimate of drug-likeness (QED) is 0.782. The van der Waals surface area contributed by atoms with E-state index in [2.05, 4.69) is 5.32 Å². The largest absolute Gasteiger partial charge is 0.381 e. The molecule has 2 amide bonds. The van der Waals surface area contributed by atoms with Crippen LogP contribution >= 0.6 is 0 Å². The Balaban J connectivity index is 2.08. The van der Waals surface area contributed by atoms with Gasteiger partial charge >= 0.3 is 0 Å². The molecule has 1 N–H and O–H groups in total. The number of hydrogen-bond donors (Lipinski definition) is 1. The molecule has 0 bridgehead atoms. The van der Waals surface area contributed by atoms with Gasteiger partial charge in [0.15, 0.2) is 0 Å². The van der Waals surface area contributed by atoms with Gasteiger partial charge in [0.25, 0.3) is 0 Å². The molecule has 102 valence electrons. The summed E-state index contributed by atoms with van der Waals surface area (Å²) in [6, 6.07) is -0.382. The fourth-order valence-corrected chi connectivity index (χ4v) is 2.61. The molecule has 0 saturated carbocycles. The van der Waals surface area contributed by atoms with Crippen molar-refractivity contribution in [3.8, 4) is 0 Å². The second kappa shape index (κ2) is 4.88. The van der Waals surface area contributed by atoms with Gasteiger partial charge in [-0.25, -0.2) is 0 Å². The summed E-state index contributed by atoms with van der Waals surface area (Å²) in [4.78, 5) is 25.9. The van der Waals surface area contributed by atoms with Crippen LogP contribution in [-0.2, 0) is 14.3 Å². The Morgan fingerprint density at radius 1 is 1.44 bits per heavy atom. The molecule has 0 spiro atoms. The highest BCUT2D eigenvalue weighted by Gasteiger charge is 2.43. The first-order valence-electron chi connectivity index (χ1n) is 6.62. The van der Waals surface area contributed by atoms with Crippen molar-refractivity contribution >= 4 is 11.8 Å². The molecule has 5 nitrogen and oxygen atoms in total. The van der Waals surface area contributed by atoms with Crippen LogP contribution in [0.5, 0.6) is 0 Å². The summed E-state index contributed by atoms with van der Waals surface area (Å²) < 4.78 is 5.43. The van der Waals surface area contributed by atoms with E-state index in [0.29, 0.717) is 19.1 Å². The average molecular weight is 254 g/mol. The Morgan fingerprint density at radius 2 is 2.17 bits per heavy atom. The SMILES string of the molecule is CC1C(=O)NC(C)(C)C(=O)N1CC1CCCOC1. The van der Waals surface area contributed by atoms with E-state index in [4.69, 9.17) is 4.74 Å². The summed E-state index contributed by atoms with van der Waals surface area (Å²) in [6.45, 7) is 7.42. The lowest BCUT2D eigenvalue weighted by molar-refractivity contribution is -0.154. The summed E-state index contributed by atoms with van der Waals surface area (Å²) >= 11 is 0. The van der Waals surface area contributed by atoms with Gasteiger partial charge in [-0.1, -0.05) is 0 Å². The average Bonchev–Trinajstić information content (AvgIpc) is 2.33. The van der Waals surface area contributed by atoms with Gasteiger partial charge in [-0.3, -0.25) is 9.59 Å². The molecule has 0 aromatic carbocycles. The third-order valence-electron chi connectivity index (χ3n) is 3.79. The van der Waals surface area contributed by atoms with E-state index >= 15 is 0 Å². The lowest BCUT2D eigenvalue weighted by atomic mass is 9.94. The van der Waals surface area contributed by atoms with Crippen molar-refractivity contribution in [2.75, 3.05) is 19.8 Å². The zero-order valence-corrected chi connectivity index (χ0v) is 11.4. The topological polar surface area (TPSA) is 58.6 Å². The molecule has 0 aromatic rings. The zero-order valence-electron chi connectivity index (χ0n) is 11.4. The molecule has 2 heterocycles. The van der Waals surface area contributed by atoms with Crippen LogP contribution in [0.15, 0.2) is 0 Å². The third-order valence-corrected chi connectivity index (χ3v) is 3.79. The minimum atomic E-state index is -0.793. The Morgan fingerprint density at radius 3 is 2.78 bits per heavy atom. The van der Waals surface area contributed by atoms with Gasteiger partial charge in [-0.15, -0.1) is 0 Å². The minimum Gasteiger partial charge on any atom is -0.381 e. The highest BCUT2D eigenvalue weighted by molar-refractivity contribution is 5.99. The van der Waals surface area contributed by atoms with E-state index < -0.39 is 5.54 Å². The molecule has 2 atom stereocenters. The second-order valence-corrected chi connectivity index (χ2v) is 5.83. The molecule has 2 aliphatic rings.